The van der Waals surface area contributed by atoms with E-state index in [1.807, 2.05) is 12.1 Å². The molecule has 6 heteroatoms. The number of aromatic amines is 1. The molecule has 2 aliphatic rings. The van der Waals surface area contributed by atoms with E-state index in [1.165, 1.54) is 12.8 Å². The van der Waals surface area contributed by atoms with E-state index in [-0.39, 0.29) is 0 Å². The summed E-state index contributed by atoms with van der Waals surface area (Å²) in [4.78, 5) is 11.5. The van der Waals surface area contributed by atoms with Crippen molar-refractivity contribution >= 4 is 5.82 Å². The molecule has 1 aliphatic heterocycles. The highest BCUT2D eigenvalue weighted by molar-refractivity contribution is 5.54. The summed E-state index contributed by atoms with van der Waals surface area (Å²) in [5.74, 6) is 4.67. The highest BCUT2D eigenvalue weighted by atomic mass is 15.3. The van der Waals surface area contributed by atoms with Crippen LogP contribution in [0.15, 0.2) is 18.3 Å². The lowest BCUT2D eigenvalue weighted by atomic mass is 9.91. The van der Waals surface area contributed by atoms with Crippen LogP contribution in [0.3, 0.4) is 0 Å². The fourth-order valence-electron chi connectivity index (χ4n) is 3.74. The molecule has 124 valence electrons. The van der Waals surface area contributed by atoms with Crippen molar-refractivity contribution in [2.45, 2.75) is 38.5 Å². The van der Waals surface area contributed by atoms with Crippen molar-refractivity contribution in [3.05, 3.63) is 35.5 Å². The fourth-order valence-corrected chi connectivity index (χ4v) is 3.74. The van der Waals surface area contributed by atoms with Crippen LogP contribution >= 0.6 is 0 Å². The Labute approximate surface area is 141 Å². The third kappa shape index (κ3) is 2.64. The smallest absolute Gasteiger partial charge is 0.153 e. The number of pyridine rings is 1. The molecule has 0 spiro atoms. The minimum Gasteiger partial charge on any atom is -0.354 e. The number of nitriles is 1. The number of aromatic nitrogens is 4. The number of hydrogen-bond donors (Lipinski definition) is 1. The normalized spacial score (nSPS) is 23.7. The van der Waals surface area contributed by atoms with E-state index in [4.69, 9.17) is 4.98 Å². The molecule has 2 aromatic heterocycles. The van der Waals surface area contributed by atoms with Crippen molar-refractivity contribution < 1.29 is 0 Å². The predicted molar refractivity (Wildman–Crippen MR) is 90.6 cm³/mol. The quantitative estimate of drug-likeness (QED) is 0.936. The van der Waals surface area contributed by atoms with E-state index in [0.29, 0.717) is 23.3 Å². The first kappa shape index (κ1) is 15.1. The summed E-state index contributed by atoms with van der Waals surface area (Å²) in [5.41, 5.74) is 0.646. The summed E-state index contributed by atoms with van der Waals surface area (Å²) in [7, 11) is 0. The molecule has 1 saturated heterocycles. The van der Waals surface area contributed by atoms with Gasteiger partial charge >= 0.3 is 0 Å². The first-order valence-corrected chi connectivity index (χ1v) is 8.69. The van der Waals surface area contributed by atoms with E-state index in [9.17, 15) is 5.26 Å². The van der Waals surface area contributed by atoms with E-state index >= 15 is 0 Å². The van der Waals surface area contributed by atoms with Gasteiger partial charge in [-0.15, -0.1) is 0 Å². The number of hydrogen-bond acceptors (Lipinski definition) is 5. The molecule has 3 heterocycles. The van der Waals surface area contributed by atoms with Crippen molar-refractivity contribution in [1.29, 1.82) is 5.26 Å². The lowest BCUT2D eigenvalue weighted by Crippen LogP contribution is -2.22. The molecule has 2 fully saturated rings. The van der Waals surface area contributed by atoms with E-state index < -0.39 is 0 Å². The van der Waals surface area contributed by atoms with Crippen molar-refractivity contribution in [3.63, 3.8) is 0 Å². The van der Waals surface area contributed by atoms with Gasteiger partial charge in [-0.1, -0.05) is 13.8 Å². The minimum absolute atomic E-state index is 0.327. The summed E-state index contributed by atoms with van der Waals surface area (Å²) in [6.45, 7) is 6.01. The summed E-state index contributed by atoms with van der Waals surface area (Å²) in [6, 6.07) is 5.93. The molecule has 1 aliphatic carbocycles. The molecule has 1 N–H and O–H groups in total. The van der Waals surface area contributed by atoms with Gasteiger partial charge in [-0.05, 0) is 36.8 Å². The van der Waals surface area contributed by atoms with Crippen LogP contribution in [0.2, 0.25) is 0 Å². The van der Waals surface area contributed by atoms with Gasteiger partial charge in [-0.3, -0.25) is 5.10 Å². The van der Waals surface area contributed by atoms with Crippen molar-refractivity contribution in [1.82, 2.24) is 20.2 Å². The monoisotopic (exact) mass is 322 g/mol. The molecule has 2 atom stereocenters. The Morgan fingerprint density at radius 3 is 2.83 bits per heavy atom. The van der Waals surface area contributed by atoms with Gasteiger partial charge in [0.1, 0.15) is 17.7 Å². The van der Waals surface area contributed by atoms with E-state index in [2.05, 4.69) is 40.0 Å². The topological polar surface area (TPSA) is 81.5 Å². The zero-order valence-corrected chi connectivity index (χ0v) is 14.1. The Morgan fingerprint density at radius 1 is 1.33 bits per heavy atom. The van der Waals surface area contributed by atoms with Gasteiger partial charge in [0.25, 0.3) is 0 Å². The van der Waals surface area contributed by atoms with E-state index in [1.54, 1.807) is 6.20 Å². The second-order valence-corrected chi connectivity index (χ2v) is 7.23. The Kier molecular flexibility index (Phi) is 3.72. The highest BCUT2D eigenvalue weighted by Crippen LogP contribution is 2.47. The van der Waals surface area contributed by atoms with Crippen molar-refractivity contribution in [3.8, 4) is 6.07 Å². The average molecular weight is 322 g/mol. The summed E-state index contributed by atoms with van der Waals surface area (Å²) in [6.07, 6.45) is 4.36. The van der Waals surface area contributed by atoms with Crippen LogP contribution in [-0.4, -0.2) is 33.3 Å². The van der Waals surface area contributed by atoms with Gasteiger partial charge in [0.2, 0.25) is 0 Å². The summed E-state index contributed by atoms with van der Waals surface area (Å²) < 4.78 is 0. The van der Waals surface area contributed by atoms with Gasteiger partial charge in [0.15, 0.2) is 5.82 Å². The van der Waals surface area contributed by atoms with Crippen molar-refractivity contribution in [2.75, 3.05) is 18.0 Å². The lowest BCUT2D eigenvalue weighted by molar-refractivity contribution is 0.444. The number of H-pyrrole nitrogens is 1. The molecule has 0 amide bonds. The molecular weight excluding hydrogens is 300 g/mol. The first-order chi connectivity index (χ1) is 11.7. The molecule has 1 saturated carbocycles. The third-order valence-corrected chi connectivity index (χ3v) is 5.19. The molecule has 0 aromatic carbocycles. The van der Waals surface area contributed by atoms with Gasteiger partial charge in [-0.2, -0.15) is 10.4 Å². The third-order valence-electron chi connectivity index (χ3n) is 5.19. The van der Waals surface area contributed by atoms with Crippen LogP contribution in [0.4, 0.5) is 5.82 Å². The Bertz CT molecular complexity index is 770. The maximum Gasteiger partial charge on any atom is 0.153 e. The van der Waals surface area contributed by atoms with Gasteiger partial charge < -0.3 is 4.90 Å². The zero-order chi connectivity index (χ0) is 16.7. The molecule has 0 unspecified atom stereocenters. The Morgan fingerprint density at radius 2 is 2.17 bits per heavy atom. The first-order valence-electron chi connectivity index (χ1n) is 8.69. The second-order valence-electron chi connectivity index (χ2n) is 7.23. The predicted octanol–water partition coefficient (Wildman–Crippen LogP) is 2.82. The highest BCUT2D eigenvalue weighted by Gasteiger charge is 2.45. The van der Waals surface area contributed by atoms with Gasteiger partial charge in [-0.25, -0.2) is 9.97 Å². The maximum absolute atomic E-state index is 9.37. The number of anilines is 1. The summed E-state index contributed by atoms with van der Waals surface area (Å²) >= 11 is 0. The molecule has 6 nitrogen and oxygen atoms in total. The molecular formula is C18H22N6. The van der Waals surface area contributed by atoms with Crippen molar-refractivity contribution in [2.24, 2.45) is 11.8 Å². The van der Waals surface area contributed by atoms with E-state index in [0.717, 1.165) is 36.5 Å². The number of nitrogens with zero attached hydrogens (tertiary/aromatic N) is 5. The van der Waals surface area contributed by atoms with Crippen LogP contribution in [0.5, 0.6) is 0 Å². The molecule has 24 heavy (non-hydrogen) atoms. The minimum atomic E-state index is 0.327. The zero-order valence-electron chi connectivity index (χ0n) is 14.1. The van der Waals surface area contributed by atoms with Crippen LogP contribution < -0.4 is 4.90 Å². The maximum atomic E-state index is 9.37. The Balaban J connectivity index is 1.63. The largest absolute Gasteiger partial charge is 0.354 e. The lowest BCUT2D eigenvalue weighted by Gasteiger charge is -2.18. The molecule has 0 bridgehead atoms. The van der Waals surface area contributed by atoms with Crippen LogP contribution in [-0.2, 0) is 0 Å². The SMILES string of the molecule is CC(C)c1n[nH]c([C@@H]2CN(c3ncccc3C#N)C[C@H]2C2CC2)n1. The van der Waals surface area contributed by atoms with Gasteiger partial charge in [0, 0.05) is 31.1 Å². The van der Waals surface area contributed by atoms with Crippen LogP contribution in [0, 0.1) is 23.2 Å². The standard InChI is InChI=1S/C18H22N6/c1-11(2)16-21-17(23-22-16)15-10-24(9-14(15)12-5-6-12)18-13(8-19)4-3-7-20-18/h3-4,7,11-12,14-15H,5-6,9-10H2,1-2H3,(H,21,22,23)/t14-,15+/m0/s1. The number of rotatable bonds is 4. The van der Waals surface area contributed by atoms with Gasteiger partial charge in [0.05, 0.1) is 5.56 Å². The average Bonchev–Trinajstić information content (AvgIpc) is 3.15. The second kappa shape index (κ2) is 5.90. The number of nitrogens with one attached hydrogen (secondary N) is 1. The fraction of sp³-hybridized carbons (Fsp3) is 0.556. The molecule has 4 rings (SSSR count). The van der Waals surface area contributed by atoms with Crippen LogP contribution in [0.1, 0.15) is 55.7 Å². The molecule has 0 radical (unpaired) electrons. The summed E-state index contributed by atoms with van der Waals surface area (Å²) in [5, 5.41) is 16.9. The van der Waals surface area contributed by atoms with Crippen LogP contribution in [0.25, 0.3) is 0 Å². The molecule has 2 aromatic rings. The Hall–Kier alpha value is -2.42.